The van der Waals surface area contributed by atoms with E-state index >= 15 is 0 Å². The van der Waals surface area contributed by atoms with Crippen molar-refractivity contribution < 1.29 is 14.3 Å². The number of hydrogen-bond acceptors (Lipinski definition) is 6. The second kappa shape index (κ2) is 7.59. The lowest BCUT2D eigenvalue weighted by atomic mass is 10.1. The molecular formula is C21H24ClN5O3. The van der Waals surface area contributed by atoms with Crippen LogP contribution in [0.5, 0.6) is 0 Å². The van der Waals surface area contributed by atoms with Crippen LogP contribution in [0.3, 0.4) is 0 Å². The Morgan fingerprint density at radius 2 is 2.03 bits per heavy atom. The fourth-order valence-electron chi connectivity index (χ4n) is 4.06. The maximum Gasteiger partial charge on any atom is 0.410 e. The van der Waals surface area contributed by atoms with Gasteiger partial charge in [-0.2, -0.15) is 0 Å². The van der Waals surface area contributed by atoms with E-state index in [2.05, 4.69) is 14.9 Å². The van der Waals surface area contributed by atoms with Gasteiger partial charge in [-0.1, -0.05) is 11.6 Å². The summed E-state index contributed by atoms with van der Waals surface area (Å²) in [5.41, 5.74) is 4.94. The summed E-state index contributed by atoms with van der Waals surface area (Å²) in [5, 5.41) is 0.720. The van der Waals surface area contributed by atoms with Crippen molar-refractivity contribution in [1.29, 1.82) is 0 Å². The molecule has 0 N–H and O–H groups in total. The van der Waals surface area contributed by atoms with E-state index in [4.69, 9.17) is 21.1 Å². The van der Waals surface area contributed by atoms with Crippen molar-refractivity contribution in [1.82, 2.24) is 19.4 Å². The molecule has 2 fully saturated rings. The van der Waals surface area contributed by atoms with Gasteiger partial charge in [0.15, 0.2) is 6.10 Å². The molecule has 4 heterocycles. The van der Waals surface area contributed by atoms with E-state index in [0.717, 1.165) is 52.2 Å². The first-order valence-corrected chi connectivity index (χ1v) is 10.5. The summed E-state index contributed by atoms with van der Waals surface area (Å²) in [6.07, 6.45) is 4.16. The van der Waals surface area contributed by atoms with Crippen LogP contribution in [0.25, 0.3) is 10.6 Å². The Morgan fingerprint density at radius 1 is 1.27 bits per heavy atom. The number of nitrogens with zero attached hydrogens (tertiary/aromatic N) is 5. The molecule has 5 rings (SSSR count). The minimum Gasteiger partial charge on any atom is -0.441 e. The Morgan fingerprint density at radius 3 is 2.67 bits per heavy atom. The van der Waals surface area contributed by atoms with Crippen LogP contribution >= 0.6 is 11.6 Å². The molecule has 3 aliphatic rings. The topological polar surface area (TPSA) is 72.7 Å². The summed E-state index contributed by atoms with van der Waals surface area (Å²) in [5.74, 6) is 0.947. The van der Waals surface area contributed by atoms with E-state index in [9.17, 15) is 4.79 Å². The van der Waals surface area contributed by atoms with Gasteiger partial charge in [-0.25, -0.2) is 9.78 Å². The fraction of sp³-hybridized carbons (Fsp3) is 0.476. The molecule has 8 nitrogen and oxygen atoms in total. The van der Waals surface area contributed by atoms with Crippen molar-refractivity contribution >= 4 is 34.0 Å². The van der Waals surface area contributed by atoms with Gasteiger partial charge in [0.25, 0.3) is 0 Å². The highest BCUT2D eigenvalue weighted by atomic mass is 35.5. The Bertz CT molecular complexity index is 1000. The minimum absolute atomic E-state index is 0.100. The molecule has 0 unspecified atom stereocenters. The molecule has 0 aromatic carbocycles. The number of aryl methyl sites for hydroxylation is 2. The Labute approximate surface area is 180 Å². The van der Waals surface area contributed by atoms with Gasteiger partial charge in [-0.3, -0.25) is 4.98 Å². The fourth-order valence-corrected chi connectivity index (χ4v) is 4.43. The van der Waals surface area contributed by atoms with Crippen LogP contribution in [0.15, 0.2) is 18.5 Å². The standard InChI is InChI=1S/C21H24ClN5O3/c1-13-24-17(10-25(13)2)15-9-16-19(20(15)22)18(3-4-23-16)26-5-7-27(8-6-26)21(28)30-14-11-29-12-14/h3-4,10,14H,5-9,11-12H2,1-2H3. The van der Waals surface area contributed by atoms with E-state index in [1.165, 1.54) is 0 Å². The number of halogens is 1. The summed E-state index contributed by atoms with van der Waals surface area (Å²) in [6.45, 7) is 5.62. The predicted octanol–water partition coefficient (Wildman–Crippen LogP) is 2.44. The number of ether oxygens (including phenoxy) is 2. The third kappa shape index (κ3) is 3.33. The predicted molar refractivity (Wildman–Crippen MR) is 113 cm³/mol. The summed E-state index contributed by atoms with van der Waals surface area (Å²) in [4.78, 5) is 25.5. The number of anilines is 1. The molecule has 2 aromatic rings. The van der Waals surface area contributed by atoms with Gasteiger partial charge < -0.3 is 23.8 Å². The van der Waals surface area contributed by atoms with E-state index < -0.39 is 0 Å². The number of hydrogen-bond donors (Lipinski definition) is 0. The van der Waals surface area contributed by atoms with E-state index in [1.54, 1.807) is 4.90 Å². The monoisotopic (exact) mass is 429 g/mol. The second-order valence-corrected chi connectivity index (χ2v) is 8.30. The Kier molecular flexibility index (Phi) is 4.91. The summed E-state index contributed by atoms with van der Waals surface area (Å²) < 4.78 is 12.5. The highest BCUT2D eigenvalue weighted by Crippen LogP contribution is 2.44. The van der Waals surface area contributed by atoms with Crippen LogP contribution in [0.4, 0.5) is 10.5 Å². The van der Waals surface area contributed by atoms with Crippen molar-refractivity contribution in [2.24, 2.45) is 7.05 Å². The van der Waals surface area contributed by atoms with Gasteiger partial charge >= 0.3 is 6.09 Å². The van der Waals surface area contributed by atoms with Crippen LogP contribution < -0.4 is 4.90 Å². The smallest absolute Gasteiger partial charge is 0.410 e. The normalized spacial score (nSPS) is 19.2. The molecule has 0 spiro atoms. The molecule has 2 aliphatic heterocycles. The van der Waals surface area contributed by atoms with Crippen LogP contribution in [0, 0.1) is 6.92 Å². The van der Waals surface area contributed by atoms with Gasteiger partial charge in [-0.15, -0.1) is 0 Å². The summed E-state index contributed by atoms with van der Waals surface area (Å²) >= 11 is 6.86. The molecule has 0 bridgehead atoms. The lowest BCUT2D eigenvalue weighted by Crippen LogP contribution is -2.51. The van der Waals surface area contributed by atoms with Crippen LogP contribution in [0.2, 0.25) is 0 Å². The molecule has 1 aliphatic carbocycles. The van der Waals surface area contributed by atoms with Crippen molar-refractivity contribution in [2.75, 3.05) is 44.3 Å². The molecule has 0 saturated carbocycles. The molecule has 9 heteroatoms. The molecule has 2 aromatic heterocycles. The van der Waals surface area contributed by atoms with E-state index in [1.807, 2.05) is 37.0 Å². The third-order valence-electron chi connectivity index (χ3n) is 6.01. The number of aromatic nitrogens is 3. The van der Waals surface area contributed by atoms with E-state index in [0.29, 0.717) is 32.7 Å². The van der Waals surface area contributed by atoms with Crippen molar-refractivity contribution in [3.63, 3.8) is 0 Å². The number of fused-ring (bicyclic) bond motifs is 1. The van der Waals surface area contributed by atoms with Gasteiger partial charge in [0.05, 0.1) is 29.6 Å². The molecule has 0 radical (unpaired) electrons. The maximum absolute atomic E-state index is 12.3. The quantitative estimate of drug-likeness (QED) is 0.746. The van der Waals surface area contributed by atoms with Crippen molar-refractivity contribution in [3.8, 4) is 0 Å². The molecule has 0 atom stereocenters. The first-order valence-electron chi connectivity index (χ1n) is 10.2. The third-order valence-corrected chi connectivity index (χ3v) is 6.42. The van der Waals surface area contributed by atoms with E-state index in [-0.39, 0.29) is 12.2 Å². The number of imidazole rings is 1. The molecular weight excluding hydrogens is 406 g/mol. The molecule has 2 saturated heterocycles. The SMILES string of the molecule is Cc1nc(C2=C(Cl)c3c(N4CCN(C(=O)OC5COC5)CC4)ccnc3C2)cn1C. The molecule has 158 valence electrons. The van der Waals surface area contributed by atoms with Crippen LogP contribution in [-0.2, 0) is 22.9 Å². The zero-order chi connectivity index (χ0) is 20.8. The zero-order valence-corrected chi connectivity index (χ0v) is 17.9. The zero-order valence-electron chi connectivity index (χ0n) is 17.1. The summed E-state index contributed by atoms with van der Waals surface area (Å²) in [6, 6.07) is 2.01. The summed E-state index contributed by atoms with van der Waals surface area (Å²) in [7, 11) is 1.98. The number of pyridine rings is 1. The van der Waals surface area contributed by atoms with Gasteiger partial charge in [0, 0.05) is 68.9 Å². The maximum atomic E-state index is 12.3. The number of amides is 1. The Balaban J connectivity index is 1.34. The second-order valence-electron chi connectivity index (χ2n) is 7.92. The number of carbonyl (C=O) groups excluding carboxylic acids is 1. The first-order chi connectivity index (χ1) is 14.5. The van der Waals surface area contributed by atoms with Gasteiger partial charge in [0.2, 0.25) is 0 Å². The number of carbonyl (C=O) groups is 1. The average molecular weight is 430 g/mol. The molecule has 30 heavy (non-hydrogen) atoms. The van der Waals surface area contributed by atoms with Gasteiger partial charge in [-0.05, 0) is 13.0 Å². The largest absolute Gasteiger partial charge is 0.441 e. The van der Waals surface area contributed by atoms with Crippen molar-refractivity contribution in [3.05, 3.63) is 41.2 Å². The highest BCUT2D eigenvalue weighted by Gasteiger charge is 2.32. The number of rotatable bonds is 3. The lowest BCUT2D eigenvalue weighted by Gasteiger charge is -2.37. The van der Waals surface area contributed by atoms with Crippen LogP contribution in [-0.4, -0.2) is 71.0 Å². The highest BCUT2D eigenvalue weighted by molar-refractivity contribution is 6.54. The van der Waals surface area contributed by atoms with Crippen molar-refractivity contribution in [2.45, 2.75) is 19.4 Å². The molecule has 1 amide bonds. The van der Waals surface area contributed by atoms with Gasteiger partial charge in [0.1, 0.15) is 5.82 Å². The minimum atomic E-state index is -0.256. The lowest BCUT2D eigenvalue weighted by molar-refractivity contribution is -0.104. The Hall–Kier alpha value is -2.58. The first kappa shape index (κ1) is 19.4. The number of allylic oxidation sites excluding steroid dienone is 1. The number of piperazine rings is 1. The van der Waals surface area contributed by atoms with Crippen LogP contribution in [0.1, 0.15) is 22.8 Å². The average Bonchev–Trinajstić information content (AvgIpc) is 3.24.